The summed E-state index contributed by atoms with van der Waals surface area (Å²) >= 11 is 0. The lowest BCUT2D eigenvalue weighted by molar-refractivity contribution is 0.101. The Hall–Kier alpha value is -4.88. The zero-order valence-electron chi connectivity index (χ0n) is 18.4. The lowest BCUT2D eigenvalue weighted by atomic mass is 10.0. The second-order valence-corrected chi connectivity index (χ2v) is 7.46. The predicted molar refractivity (Wildman–Crippen MR) is 138 cm³/mol. The lowest BCUT2D eigenvalue weighted by Gasteiger charge is -2.10. The molecule has 0 saturated heterocycles. The van der Waals surface area contributed by atoms with Crippen LogP contribution in [0.25, 0.3) is 5.57 Å². The van der Waals surface area contributed by atoms with Gasteiger partial charge >= 0.3 is 0 Å². The van der Waals surface area contributed by atoms with E-state index in [2.05, 4.69) is 29.1 Å². The van der Waals surface area contributed by atoms with Gasteiger partial charge in [-0.25, -0.2) is 0 Å². The highest BCUT2D eigenvalue weighted by Crippen LogP contribution is 2.23. The van der Waals surface area contributed by atoms with E-state index in [-0.39, 0.29) is 11.8 Å². The molecule has 0 fully saturated rings. The van der Waals surface area contributed by atoms with Gasteiger partial charge in [0.25, 0.3) is 11.8 Å². The van der Waals surface area contributed by atoms with Gasteiger partial charge in [-0.3, -0.25) is 9.59 Å². The topological polar surface area (TPSA) is 58.2 Å². The van der Waals surface area contributed by atoms with Gasteiger partial charge in [0.2, 0.25) is 0 Å². The van der Waals surface area contributed by atoms with Crippen LogP contribution in [0.5, 0.6) is 0 Å². The lowest BCUT2D eigenvalue weighted by Crippen LogP contribution is -2.13. The third-order valence-electron chi connectivity index (χ3n) is 5.10. The Labute approximate surface area is 199 Å². The summed E-state index contributed by atoms with van der Waals surface area (Å²) in [7, 11) is 0. The summed E-state index contributed by atoms with van der Waals surface area (Å²) in [5, 5.41) is 5.85. The second-order valence-electron chi connectivity index (χ2n) is 7.46. The van der Waals surface area contributed by atoms with Crippen molar-refractivity contribution in [2.75, 3.05) is 10.6 Å². The first-order chi connectivity index (χ1) is 16.6. The maximum atomic E-state index is 12.6. The predicted octanol–water partition coefficient (Wildman–Crippen LogP) is 6.26. The molecular formula is C30H22N2O2. The highest BCUT2D eigenvalue weighted by molar-refractivity contribution is 6.06. The van der Waals surface area contributed by atoms with Crippen molar-refractivity contribution in [2.45, 2.75) is 0 Å². The summed E-state index contributed by atoms with van der Waals surface area (Å²) in [5.41, 5.74) is 4.32. The largest absolute Gasteiger partial charge is 0.321 e. The molecule has 4 aromatic carbocycles. The van der Waals surface area contributed by atoms with Crippen LogP contribution in [-0.2, 0) is 0 Å². The first kappa shape index (κ1) is 22.3. The Morgan fingerprint density at radius 1 is 0.588 bits per heavy atom. The summed E-state index contributed by atoms with van der Waals surface area (Å²) in [6.07, 6.45) is 0. The maximum absolute atomic E-state index is 12.6. The number of nitrogens with one attached hydrogen (secondary N) is 2. The standard InChI is InChI=1S/C30H22N2O2/c1-22(26-17-9-11-19-28(26)32-30(34)25-15-6-3-7-16-25)20-21-23-12-8-10-18-27(23)31-29(33)24-13-4-2-5-14-24/h2-19H,1H2,(H,31,33)(H,32,34). The zero-order valence-corrected chi connectivity index (χ0v) is 18.4. The van der Waals surface area contributed by atoms with Crippen molar-refractivity contribution in [3.05, 3.63) is 138 Å². The summed E-state index contributed by atoms with van der Waals surface area (Å²) in [5.74, 6) is 5.77. The second kappa shape index (κ2) is 10.6. The van der Waals surface area contributed by atoms with Crippen molar-refractivity contribution >= 4 is 28.8 Å². The number of carbonyl (C=O) groups excluding carboxylic acids is 2. The van der Waals surface area contributed by atoms with Crippen molar-refractivity contribution in [2.24, 2.45) is 0 Å². The molecule has 4 heteroatoms. The Balaban J connectivity index is 1.54. The Bertz CT molecular complexity index is 1400. The SMILES string of the molecule is C=C(C#Cc1ccccc1NC(=O)c1ccccc1)c1ccccc1NC(=O)c1ccccc1. The number of benzene rings is 4. The quantitative estimate of drug-likeness (QED) is 0.359. The molecule has 4 nitrogen and oxygen atoms in total. The van der Waals surface area contributed by atoms with E-state index in [0.717, 1.165) is 5.56 Å². The molecule has 0 bridgehead atoms. The molecule has 0 aromatic heterocycles. The van der Waals surface area contributed by atoms with E-state index in [1.165, 1.54) is 0 Å². The Kier molecular flexibility index (Phi) is 6.97. The van der Waals surface area contributed by atoms with Crippen LogP contribution in [0, 0.1) is 11.8 Å². The molecule has 0 aliphatic rings. The number of hydrogen-bond donors (Lipinski definition) is 2. The molecule has 2 N–H and O–H groups in total. The summed E-state index contributed by atoms with van der Waals surface area (Å²) in [6.45, 7) is 4.11. The molecule has 34 heavy (non-hydrogen) atoms. The fourth-order valence-electron chi connectivity index (χ4n) is 3.33. The van der Waals surface area contributed by atoms with E-state index >= 15 is 0 Å². The summed E-state index contributed by atoms with van der Waals surface area (Å²) in [4.78, 5) is 25.2. The molecule has 0 saturated carbocycles. The van der Waals surface area contributed by atoms with E-state index in [4.69, 9.17) is 0 Å². The molecule has 164 valence electrons. The number of carbonyl (C=O) groups is 2. The average Bonchev–Trinajstić information content (AvgIpc) is 2.89. The van der Waals surface area contributed by atoms with Crippen molar-refractivity contribution in [1.29, 1.82) is 0 Å². The van der Waals surface area contributed by atoms with Crippen LogP contribution in [0.15, 0.2) is 116 Å². The molecule has 2 amide bonds. The fourth-order valence-corrected chi connectivity index (χ4v) is 3.33. The van der Waals surface area contributed by atoms with Crippen molar-refractivity contribution < 1.29 is 9.59 Å². The van der Waals surface area contributed by atoms with Gasteiger partial charge in [0.05, 0.1) is 5.69 Å². The third-order valence-corrected chi connectivity index (χ3v) is 5.10. The molecule has 0 atom stereocenters. The van der Waals surface area contributed by atoms with Crippen LogP contribution in [0.4, 0.5) is 11.4 Å². The number of para-hydroxylation sites is 2. The molecular weight excluding hydrogens is 420 g/mol. The number of anilines is 2. The highest BCUT2D eigenvalue weighted by Gasteiger charge is 2.10. The number of amides is 2. The maximum Gasteiger partial charge on any atom is 0.255 e. The van der Waals surface area contributed by atoms with E-state index in [1.54, 1.807) is 24.3 Å². The monoisotopic (exact) mass is 442 g/mol. The first-order valence-corrected chi connectivity index (χ1v) is 10.7. The highest BCUT2D eigenvalue weighted by atomic mass is 16.2. The van der Waals surface area contributed by atoms with Gasteiger partial charge in [0.15, 0.2) is 0 Å². The van der Waals surface area contributed by atoms with E-state index < -0.39 is 0 Å². The van der Waals surface area contributed by atoms with Gasteiger partial charge in [0, 0.05) is 33.5 Å². The fraction of sp³-hybridized carbons (Fsp3) is 0. The van der Waals surface area contributed by atoms with Crippen LogP contribution in [0.1, 0.15) is 31.8 Å². The molecule has 0 radical (unpaired) electrons. The number of rotatable bonds is 5. The van der Waals surface area contributed by atoms with Gasteiger partial charge in [0.1, 0.15) is 0 Å². The van der Waals surface area contributed by atoms with Gasteiger partial charge in [-0.15, -0.1) is 0 Å². The molecule has 4 aromatic rings. The van der Waals surface area contributed by atoms with E-state index in [9.17, 15) is 9.59 Å². The first-order valence-electron chi connectivity index (χ1n) is 10.7. The molecule has 0 aliphatic heterocycles. The number of hydrogen-bond acceptors (Lipinski definition) is 2. The molecule has 0 aliphatic carbocycles. The van der Waals surface area contributed by atoms with Crippen LogP contribution in [-0.4, -0.2) is 11.8 Å². The van der Waals surface area contributed by atoms with E-state index in [1.807, 2.05) is 84.9 Å². The van der Waals surface area contributed by atoms with Crippen LogP contribution >= 0.6 is 0 Å². The minimum atomic E-state index is -0.206. The normalized spacial score (nSPS) is 9.88. The molecule has 0 spiro atoms. The van der Waals surface area contributed by atoms with Gasteiger partial charge in [-0.2, -0.15) is 0 Å². The molecule has 4 rings (SSSR count). The van der Waals surface area contributed by atoms with Crippen molar-refractivity contribution in [3.63, 3.8) is 0 Å². The Morgan fingerprint density at radius 2 is 1.06 bits per heavy atom. The van der Waals surface area contributed by atoms with Gasteiger partial charge in [-0.05, 0) is 42.5 Å². The van der Waals surface area contributed by atoms with Crippen LogP contribution < -0.4 is 10.6 Å². The smallest absolute Gasteiger partial charge is 0.255 e. The minimum absolute atomic E-state index is 0.206. The Morgan fingerprint density at radius 3 is 1.68 bits per heavy atom. The van der Waals surface area contributed by atoms with Crippen molar-refractivity contribution in [3.8, 4) is 11.8 Å². The third kappa shape index (κ3) is 5.48. The summed E-state index contributed by atoms with van der Waals surface area (Å²) < 4.78 is 0. The number of allylic oxidation sites excluding steroid dienone is 1. The van der Waals surface area contributed by atoms with Gasteiger partial charge in [-0.1, -0.05) is 85.1 Å². The van der Waals surface area contributed by atoms with Crippen LogP contribution in [0.3, 0.4) is 0 Å². The summed E-state index contributed by atoms with van der Waals surface area (Å²) in [6, 6.07) is 32.8. The molecule has 0 heterocycles. The van der Waals surface area contributed by atoms with E-state index in [0.29, 0.717) is 33.6 Å². The zero-order chi connectivity index (χ0) is 23.8. The molecule has 0 unspecified atom stereocenters. The average molecular weight is 443 g/mol. The van der Waals surface area contributed by atoms with Crippen LogP contribution in [0.2, 0.25) is 0 Å². The van der Waals surface area contributed by atoms with Crippen molar-refractivity contribution in [1.82, 2.24) is 0 Å². The van der Waals surface area contributed by atoms with Gasteiger partial charge < -0.3 is 10.6 Å². The minimum Gasteiger partial charge on any atom is -0.321 e.